The summed E-state index contributed by atoms with van der Waals surface area (Å²) in [6.45, 7) is 9.54. The molecule has 1 aromatic heterocycles. The number of benzene rings is 5. The van der Waals surface area contributed by atoms with Crippen LogP contribution in [0.2, 0.25) is 0 Å². The van der Waals surface area contributed by atoms with Crippen LogP contribution in [0.5, 0.6) is 0 Å². The zero-order valence-electron chi connectivity index (χ0n) is 24.6. The van der Waals surface area contributed by atoms with Crippen LogP contribution in [0.4, 0.5) is 0 Å². The summed E-state index contributed by atoms with van der Waals surface area (Å²) in [5.74, 6) is 0. The van der Waals surface area contributed by atoms with E-state index in [1.54, 1.807) is 5.56 Å². The van der Waals surface area contributed by atoms with Crippen molar-refractivity contribution in [3.63, 3.8) is 0 Å². The quantitative estimate of drug-likeness (QED) is 0.208. The van der Waals surface area contributed by atoms with Crippen molar-refractivity contribution in [3.05, 3.63) is 125 Å². The highest BCUT2D eigenvalue weighted by molar-refractivity contribution is 6.09. The predicted octanol–water partition coefficient (Wildman–Crippen LogP) is 11.0. The fourth-order valence-corrected chi connectivity index (χ4v) is 8.79. The van der Waals surface area contributed by atoms with E-state index in [0.29, 0.717) is 0 Å². The van der Waals surface area contributed by atoms with Crippen LogP contribution < -0.4 is 0 Å². The van der Waals surface area contributed by atoms with Crippen molar-refractivity contribution < 1.29 is 0 Å². The predicted molar refractivity (Wildman–Crippen MR) is 174 cm³/mol. The van der Waals surface area contributed by atoms with E-state index in [2.05, 4.69) is 135 Å². The average molecular weight is 532 g/mol. The van der Waals surface area contributed by atoms with E-state index >= 15 is 0 Å². The molecular formula is C40H37N. The Hall–Kier alpha value is -4.10. The molecule has 0 atom stereocenters. The molecule has 2 aliphatic carbocycles. The molecule has 0 saturated carbocycles. The highest BCUT2D eigenvalue weighted by atomic mass is 15.0. The van der Waals surface area contributed by atoms with Crippen LogP contribution in [0.15, 0.2) is 103 Å². The first-order valence-electron chi connectivity index (χ1n) is 15.5. The van der Waals surface area contributed by atoms with Gasteiger partial charge in [0.05, 0.1) is 11.0 Å². The summed E-state index contributed by atoms with van der Waals surface area (Å²) in [5, 5.41) is 2.63. The van der Waals surface area contributed by atoms with Crippen molar-refractivity contribution in [1.29, 1.82) is 0 Å². The highest BCUT2D eigenvalue weighted by Gasteiger charge is 2.46. The van der Waals surface area contributed by atoms with Crippen LogP contribution in [-0.2, 0) is 10.8 Å². The van der Waals surface area contributed by atoms with Gasteiger partial charge >= 0.3 is 0 Å². The number of fused-ring (bicyclic) bond motifs is 9. The van der Waals surface area contributed by atoms with E-state index in [1.807, 2.05) is 0 Å². The topological polar surface area (TPSA) is 4.93 Å². The molecule has 5 aromatic carbocycles. The van der Waals surface area contributed by atoms with Gasteiger partial charge in [0, 0.05) is 27.3 Å². The molecular weight excluding hydrogens is 494 g/mol. The molecule has 8 rings (SSSR count). The first-order valence-corrected chi connectivity index (χ1v) is 15.5. The van der Waals surface area contributed by atoms with E-state index in [1.165, 1.54) is 66.4 Å². The Labute approximate surface area is 243 Å². The summed E-state index contributed by atoms with van der Waals surface area (Å²) < 4.78 is 2.47. The molecule has 202 valence electrons. The molecule has 0 bridgehead atoms. The van der Waals surface area contributed by atoms with Gasteiger partial charge in [-0.1, -0.05) is 100 Å². The first-order chi connectivity index (χ1) is 20.1. The van der Waals surface area contributed by atoms with Crippen molar-refractivity contribution in [2.24, 2.45) is 0 Å². The monoisotopic (exact) mass is 531 g/mol. The van der Waals surface area contributed by atoms with Gasteiger partial charge in [-0.2, -0.15) is 0 Å². The zero-order valence-corrected chi connectivity index (χ0v) is 24.6. The van der Waals surface area contributed by atoms with Gasteiger partial charge in [0.25, 0.3) is 0 Å². The van der Waals surface area contributed by atoms with E-state index in [9.17, 15) is 0 Å². The van der Waals surface area contributed by atoms with Crippen molar-refractivity contribution >= 4 is 21.8 Å². The van der Waals surface area contributed by atoms with Crippen LogP contribution in [0.3, 0.4) is 0 Å². The third-order valence-electron chi connectivity index (χ3n) is 11.0. The fraction of sp³-hybridized carbons (Fsp3) is 0.250. The average Bonchev–Trinajstić information content (AvgIpc) is 3.62. The molecule has 41 heavy (non-hydrogen) atoms. The van der Waals surface area contributed by atoms with Gasteiger partial charge in [-0.25, -0.2) is 0 Å². The maximum Gasteiger partial charge on any atom is 0.0541 e. The minimum absolute atomic E-state index is 0.0104. The van der Waals surface area contributed by atoms with Gasteiger partial charge in [-0.05, 0) is 101 Å². The highest BCUT2D eigenvalue weighted by Crippen LogP contribution is 2.59. The summed E-state index contributed by atoms with van der Waals surface area (Å²) in [6, 6.07) is 39.3. The first kappa shape index (κ1) is 24.7. The van der Waals surface area contributed by atoms with Crippen LogP contribution in [0, 0.1) is 0 Å². The summed E-state index contributed by atoms with van der Waals surface area (Å²) in [6.07, 6.45) is 4.44. The molecule has 0 aliphatic heterocycles. The van der Waals surface area contributed by atoms with Crippen molar-refractivity contribution in [2.75, 3.05) is 0 Å². The minimum atomic E-state index is 0.0104. The lowest BCUT2D eigenvalue weighted by molar-refractivity contribution is 0.476. The molecule has 0 fully saturated rings. The summed E-state index contributed by atoms with van der Waals surface area (Å²) in [5.41, 5.74) is 15.7. The smallest absolute Gasteiger partial charge is 0.0541 e. The van der Waals surface area contributed by atoms with Gasteiger partial charge in [0.1, 0.15) is 0 Å². The molecule has 0 N–H and O–H groups in total. The van der Waals surface area contributed by atoms with E-state index < -0.39 is 0 Å². The lowest BCUT2D eigenvalue weighted by atomic mass is 9.70. The van der Waals surface area contributed by atoms with Crippen LogP contribution in [0.25, 0.3) is 49.7 Å². The number of nitrogens with zero attached hydrogens (tertiary/aromatic N) is 1. The van der Waals surface area contributed by atoms with Gasteiger partial charge in [0.2, 0.25) is 0 Å². The van der Waals surface area contributed by atoms with Crippen molar-refractivity contribution in [3.8, 4) is 27.9 Å². The van der Waals surface area contributed by atoms with Crippen molar-refractivity contribution in [1.82, 2.24) is 4.57 Å². The lowest BCUT2D eigenvalue weighted by Gasteiger charge is -2.33. The lowest BCUT2D eigenvalue weighted by Crippen LogP contribution is -2.26. The number of rotatable bonds is 5. The van der Waals surface area contributed by atoms with Crippen molar-refractivity contribution in [2.45, 2.75) is 64.2 Å². The maximum atomic E-state index is 2.64. The second-order valence-corrected chi connectivity index (χ2v) is 12.2. The Morgan fingerprint density at radius 3 is 1.54 bits per heavy atom. The molecule has 2 aliphatic rings. The molecule has 0 spiro atoms. The summed E-state index contributed by atoms with van der Waals surface area (Å²) in [7, 11) is 0. The third kappa shape index (κ3) is 2.97. The van der Waals surface area contributed by atoms with Crippen LogP contribution in [0.1, 0.15) is 75.6 Å². The maximum absolute atomic E-state index is 2.64. The van der Waals surface area contributed by atoms with Gasteiger partial charge < -0.3 is 4.57 Å². The minimum Gasteiger partial charge on any atom is -0.309 e. The Morgan fingerprint density at radius 1 is 0.439 bits per heavy atom. The zero-order chi connectivity index (χ0) is 27.9. The molecule has 0 radical (unpaired) electrons. The number of hydrogen-bond donors (Lipinski definition) is 0. The van der Waals surface area contributed by atoms with E-state index in [-0.39, 0.29) is 10.8 Å². The molecule has 1 nitrogen and oxygen atoms in total. The Balaban J connectivity index is 1.40. The number of hydrogen-bond acceptors (Lipinski definition) is 0. The molecule has 1 heterocycles. The molecule has 0 unspecified atom stereocenters. The van der Waals surface area contributed by atoms with Gasteiger partial charge in [-0.15, -0.1) is 0 Å². The Bertz CT molecular complexity index is 1940. The summed E-state index contributed by atoms with van der Waals surface area (Å²) >= 11 is 0. The van der Waals surface area contributed by atoms with Crippen LogP contribution >= 0.6 is 0 Å². The van der Waals surface area contributed by atoms with Crippen LogP contribution in [-0.4, -0.2) is 4.57 Å². The molecule has 6 aromatic rings. The Morgan fingerprint density at radius 2 is 0.927 bits per heavy atom. The molecule has 0 amide bonds. The second-order valence-electron chi connectivity index (χ2n) is 12.2. The SMILES string of the molecule is CCC1(CC)c2ccccc2-c2cc3c(cc21)C(CC)(CC)c1cc(-n2c4ccccc4c4ccccc42)ccc1-3. The number of para-hydroxylation sites is 2. The molecule has 1 heteroatoms. The molecule has 0 saturated heterocycles. The third-order valence-corrected chi connectivity index (χ3v) is 11.0. The second kappa shape index (κ2) is 8.70. The number of aromatic nitrogens is 1. The summed E-state index contributed by atoms with van der Waals surface area (Å²) in [4.78, 5) is 0. The standard InChI is InChI=1S/C40H37N/c1-5-39(6-2)33-18-12-9-15-27(33)31-24-32-28-22-21-26(23-34(28)40(7-3,8-4)36(32)25-35(31)39)41-37-19-13-10-16-29(37)30-17-11-14-20-38(30)41/h9-25H,5-8H2,1-4H3. The largest absolute Gasteiger partial charge is 0.309 e. The Kier molecular flexibility index (Phi) is 5.24. The van der Waals surface area contributed by atoms with Gasteiger partial charge in [0.15, 0.2) is 0 Å². The van der Waals surface area contributed by atoms with Gasteiger partial charge in [-0.3, -0.25) is 0 Å². The fourth-order valence-electron chi connectivity index (χ4n) is 8.79. The van der Waals surface area contributed by atoms with E-state index in [0.717, 1.165) is 25.7 Å². The van der Waals surface area contributed by atoms with E-state index in [4.69, 9.17) is 0 Å². The normalized spacial score (nSPS) is 15.6.